The molecule has 5 aromatic rings. The maximum absolute atomic E-state index is 17.2. The molecule has 74 heavy (non-hydrogen) atoms. The van der Waals surface area contributed by atoms with Crippen molar-refractivity contribution in [3.05, 3.63) is 77.0 Å². The minimum Gasteiger partial charge on any atom is -0.508 e. The van der Waals surface area contributed by atoms with Crippen molar-refractivity contribution >= 4 is 56.8 Å². The van der Waals surface area contributed by atoms with Gasteiger partial charge in [0.05, 0.1) is 23.1 Å². The molecule has 386 valence electrons. The van der Waals surface area contributed by atoms with Crippen LogP contribution in [0.25, 0.3) is 32.9 Å². The van der Waals surface area contributed by atoms with Crippen LogP contribution >= 0.6 is 0 Å². The first-order valence-corrected chi connectivity index (χ1v) is 26.8. The number of nitrogens with zero attached hydrogens (tertiary/aromatic N) is 8. The average molecular weight is 1010 g/mol. The van der Waals surface area contributed by atoms with Gasteiger partial charge in [0.1, 0.15) is 34.6 Å². The topological polar surface area (TPSA) is 177 Å². The van der Waals surface area contributed by atoms with Gasteiger partial charge in [0.25, 0.3) is 11.8 Å². The van der Waals surface area contributed by atoms with Crippen molar-refractivity contribution in [3.63, 3.8) is 0 Å². The lowest BCUT2D eigenvalue weighted by Gasteiger charge is -2.54. The van der Waals surface area contributed by atoms with E-state index in [-0.39, 0.29) is 41.2 Å². The van der Waals surface area contributed by atoms with E-state index in [1.807, 2.05) is 13.0 Å². The monoisotopic (exact) mass is 1010 g/mol. The van der Waals surface area contributed by atoms with Crippen LogP contribution < -0.4 is 25.2 Å². The molecule has 3 unspecified atom stereocenters. The van der Waals surface area contributed by atoms with Gasteiger partial charge >= 0.3 is 6.01 Å². The van der Waals surface area contributed by atoms with Gasteiger partial charge in [-0.2, -0.15) is 9.97 Å². The van der Waals surface area contributed by atoms with Crippen LogP contribution in [-0.2, 0) is 16.0 Å². The van der Waals surface area contributed by atoms with Crippen LogP contribution in [-0.4, -0.2) is 149 Å². The van der Waals surface area contributed by atoms with Crippen LogP contribution in [0, 0.1) is 28.4 Å². The summed E-state index contributed by atoms with van der Waals surface area (Å²) in [6, 6.07) is 11.2. The molecule has 3 atom stereocenters. The fraction of sp³-hybridized carbons (Fsp3) is 0.518. The predicted molar refractivity (Wildman–Crippen MR) is 273 cm³/mol. The fourth-order valence-electron chi connectivity index (χ4n) is 13.8. The number of anilines is 2. The van der Waals surface area contributed by atoms with Gasteiger partial charge in [0.2, 0.25) is 11.8 Å². The van der Waals surface area contributed by atoms with Crippen LogP contribution in [0.1, 0.15) is 97.4 Å². The molecule has 0 radical (unpaired) electrons. The number of hydrogen-bond acceptors (Lipinski definition) is 14. The number of carbonyl (C=O) groups excluding carboxylic acids is 4. The first kappa shape index (κ1) is 47.4. The Balaban J connectivity index is 0.628. The second-order valence-corrected chi connectivity index (χ2v) is 22.8. The number of aryl methyl sites for hydroxylation is 1. The van der Waals surface area contributed by atoms with E-state index >= 15 is 8.78 Å². The lowest BCUT2D eigenvalue weighted by Crippen LogP contribution is -2.54. The highest BCUT2D eigenvalue weighted by Gasteiger charge is 2.50. The number of aromatic hydroxyl groups is 1. The second kappa shape index (κ2) is 18.2. The number of piperidine rings is 2. The van der Waals surface area contributed by atoms with Gasteiger partial charge in [-0.3, -0.25) is 39.3 Å². The largest absolute Gasteiger partial charge is 0.508 e. The minimum absolute atomic E-state index is 0.00947. The Hall–Kier alpha value is -6.37. The van der Waals surface area contributed by atoms with E-state index in [2.05, 4.69) is 35.2 Å². The first-order chi connectivity index (χ1) is 35.8. The Labute approximate surface area is 427 Å². The van der Waals surface area contributed by atoms with E-state index in [0.29, 0.717) is 80.7 Å². The van der Waals surface area contributed by atoms with Gasteiger partial charge in [0.15, 0.2) is 5.82 Å². The molecule has 18 heteroatoms. The molecule has 1 spiro atoms. The van der Waals surface area contributed by atoms with Gasteiger partial charge in [-0.25, -0.2) is 8.78 Å². The van der Waals surface area contributed by atoms with Crippen molar-refractivity contribution in [3.8, 4) is 23.0 Å². The lowest BCUT2D eigenvalue weighted by molar-refractivity contribution is -0.136. The molecule has 8 heterocycles. The number of phenolic OH excluding ortho intramolecular Hbond substituents is 1. The first-order valence-electron chi connectivity index (χ1n) is 26.8. The summed E-state index contributed by atoms with van der Waals surface area (Å²) in [6.45, 7) is 11.4. The Morgan fingerprint density at radius 3 is 2.30 bits per heavy atom. The SMILES string of the molecule is CCc1c(F)ccc2cc(O)cc(-c3ncc4c(N5CC6CCC(C5)N6)nc(OCC5(CN6CCC7(CC6)CC(CN6CCN(c8ccc9c(c8)C(=O)N(C8CCC(=O)NC8=O)C9=O)CC6)C7)CC5)nc4c3F)c12. The van der Waals surface area contributed by atoms with Gasteiger partial charge in [-0.1, -0.05) is 13.0 Å². The molecule has 2 aromatic heterocycles. The quantitative estimate of drug-likeness (QED) is 0.120. The summed E-state index contributed by atoms with van der Waals surface area (Å²) < 4.78 is 39.0. The maximum Gasteiger partial charge on any atom is 0.319 e. The summed E-state index contributed by atoms with van der Waals surface area (Å²) in [4.78, 5) is 76.0. The standard InChI is InChI=1S/C56H62F2N10O6/c1-2-38-43(57)8-3-33-21-37(69)23-41(46(33)38)48-47(58)49-42(26-59-48)50(67-28-34-4-5-35(29-67)60-34)63-54(62-49)74-31-56(11-12-56)30-65-15-13-55(14-16-65)24-32(25-55)27-64-17-19-66(20-18-64)36-6-7-39-40(22-36)53(73)68(52(39)72)44-9-10-45(70)61-51(44)71/h3,6-8,21-23,26,32,34-35,44,60,69H,2,4-5,9-20,24-25,27-31H2,1H3,(H,61,70,71). The van der Waals surface area contributed by atoms with E-state index < -0.39 is 41.3 Å². The Morgan fingerprint density at radius 2 is 1.57 bits per heavy atom. The second-order valence-electron chi connectivity index (χ2n) is 22.8. The number of imide groups is 2. The Morgan fingerprint density at radius 1 is 0.811 bits per heavy atom. The van der Waals surface area contributed by atoms with Gasteiger partial charge < -0.3 is 29.9 Å². The number of piperazine rings is 2. The van der Waals surface area contributed by atoms with E-state index in [4.69, 9.17) is 14.7 Å². The van der Waals surface area contributed by atoms with Crippen molar-refractivity contribution in [2.24, 2.45) is 16.7 Å². The van der Waals surface area contributed by atoms with Gasteiger partial charge in [-0.05, 0) is 141 Å². The highest BCUT2D eigenvalue weighted by atomic mass is 19.1. The number of carbonyl (C=O) groups is 4. The zero-order valence-electron chi connectivity index (χ0n) is 41.8. The number of halogens is 2. The number of benzene rings is 3. The molecular weight excluding hydrogens is 947 g/mol. The highest BCUT2D eigenvalue weighted by Crippen LogP contribution is 2.54. The van der Waals surface area contributed by atoms with Crippen molar-refractivity contribution in [2.75, 3.05) is 81.9 Å². The van der Waals surface area contributed by atoms with Crippen LogP contribution in [0.5, 0.6) is 11.8 Å². The molecule has 7 fully saturated rings. The number of fused-ring (bicyclic) bond motifs is 5. The normalized spacial score (nSPS) is 24.8. The van der Waals surface area contributed by atoms with Crippen LogP contribution in [0.15, 0.2) is 48.7 Å². The smallest absolute Gasteiger partial charge is 0.319 e. The number of hydrogen-bond donors (Lipinski definition) is 3. The van der Waals surface area contributed by atoms with Crippen LogP contribution in [0.2, 0.25) is 0 Å². The van der Waals surface area contributed by atoms with E-state index in [1.54, 1.807) is 30.5 Å². The molecule has 2 saturated carbocycles. The summed E-state index contributed by atoms with van der Waals surface area (Å²) in [5.41, 5.74) is 2.71. The number of aromatic nitrogens is 3. The summed E-state index contributed by atoms with van der Waals surface area (Å²) in [5, 5.41) is 18.3. The number of phenols is 1. The summed E-state index contributed by atoms with van der Waals surface area (Å²) in [6.07, 6.45) is 11.3. The number of likely N-dealkylation sites (tertiary alicyclic amines) is 1. The molecule has 8 aliphatic rings. The molecule has 2 bridgehead atoms. The van der Waals surface area contributed by atoms with Crippen molar-refractivity contribution in [1.82, 2.24) is 40.3 Å². The van der Waals surface area contributed by atoms with Crippen molar-refractivity contribution in [2.45, 2.75) is 95.7 Å². The minimum atomic E-state index is -0.978. The zero-order chi connectivity index (χ0) is 50.6. The van der Waals surface area contributed by atoms with E-state index in [0.717, 1.165) is 102 Å². The molecule has 4 amide bonds. The van der Waals surface area contributed by atoms with Crippen molar-refractivity contribution < 1.29 is 37.8 Å². The Kier molecular flexibility index (Phi) is 11.6. The lowest BCUT2D eigenvalue weighted by atomic mass is 9.57. The predicted octanol–water partition coefficient (Wildman–Crippen LogP) is 6.21. The molecular formula is C56H62F2N10O6. The fourth-order valence-corrected chi connectivity index (χ4v) is 13.8. The maximum atomic E-state index is 17.2. The Bertz CT molecular complexity index is 3130. The van der Waals surface area contributed by atoms with E-state index in [1.165, 1.54) is 37.8 Å². The van der Waals surface area contributed by atoms with Gasteiger partial charge in [-0.15, -0.1) is 0 Å². The summed E-state index contributed by atoms with van der Waals surface area (Å²) in [5.74, 6) is -1.80. The molecule has 3 N–H and O–H groups in total. The zero-order valence-corrected chi connectivity index (χ0v) is 41.8. The third-order valence-corrected chi connectivity index (χ3v) is 18.0. The third kappa shape index (κ3) is 8.40. The van der Waals surface area contributed by atoms with Gasteiger partial charge in [0, 0.05) is 93.7 Å². The molecule has 16 nitrogen and oxygen atoms in total. The van der Waals surface area contributed by atoms with E-state index in [9.17, 15) is 24.3 Å². The molecule has 13 rings (SSSR count). The summed E-state index contributed by atoms with van der Waals surface area (Å²) in [7, 11) is 0. The van der Waals surface area contributed by atoms with Crippen LogP contribution in [0.4, 0.5) is 20.3 Å². The molecule has 5 saturated heterocycles. The van der Waals surface area contributed by atoms with Crippen LogP contribution in [0.3, 0.4) is 0 Å². The number of pyridine rings is 1. The number of ether oxygens (including phenoxy) is 1. The number of amides is 4. The molecule has 2 aliphatic carbocycles. The molecule has 3 aromatic carbocycles. The summed E-state index contributed by atoms with van der Waals surface area (Å²) >= 11 is 0. The number of rotatable bonds is 12. The molecule has 6 aliphatic heterocycles. The number of nitrogens with one attached hydrogen (secondary N) is 2. The third-order valence-electron chi connectivity index (χ3n) is 18.0. The highest BCUT2D eigenvalue weighted by molar-refractivity contribution is 6.23. The average Bonchev–Trinajstić information content (AvgIpc) is 4.01. The van der Waals surface area contributed by atoms with Crippen molar-refractivity contribution in [1.29, 1.82) is 0 Å².